The highest BCUT2D eigenvalue weighted by atomic mass is 16.4. The van der Waals surface area contributed by atoms with Crippen LogP contribution >= 0.6 is 0 Å². The topological polar surface area (TPSA) is 57.6 Å². The maximum Gasteiger partial charge on any atom is 0.411 e. The van der Waals surface area contributed by atoms with Gasteiger partial charge in [0.05, 0.1) is 5.92 Å². The molecule has 0 spiro atoms. The molecule has 2 aliphatic rings. The van der Waals surface area contributed by atoms with Gasteiger partial charge in [0.1, 0.15) is 5.78 Å². The first kappa shape index (κ1) is 8.99. The molecule has 0 bridgehead atoms. The van der Waals surface area contributed by atoms with Crippen molar-refractivity contribution < 1.29 is 14.7 Å². The molecule has 0 aromatic carbocycles. The Balaban J connectivity index is 2.32. The van der Waals surface area contributed by atoms with E-state index in [9.17, 15) is 9.59 Å². The maximum absolute atomic E-state index is 11.5. The number of carboxylic acid groups (broad SMARTS) is 1. The third-order valence-electron chi connectivity index (χ3n) is 2.64. The molecular weight excluding hydrogens is 182 g/mol. The number of rotatable bonds is 0. The SMILES string of the molecule is O=C1CCN(C(=O)O)C2=CC=CCC12. The van der Waals surface area contributed by atoms with E-state index in [1.807, 2.05) is 6.08 Å². The minimum atomic E-state index is -0.968. The molecule has 0 aromatic rings. The number of piperidine rings is 1. The molecule has 4 heteroatoms. The second kappa shape index (κ2) is 3.29. The van der Waals surface area contributed by atoms with Gasteiger partial charge in [-0.15, -0.1) is 0 Å². The van der Waals surface area contributed by atoms with Crippen LogP contribution in [0.3, 0.4) is 0 Å². The number of ketones is 1. The van der Waals surface area contributed by atoms with Crippen LogP contribution in [-0.4, -0.2) is 28.4 Å². The van der Waals surface area contributed by atoms with Crippen LogP contribution in [0.4, 0.5) is 4.79 Å². The highest BCUT2D eigenvalue weighted by Crippen LogP contribution is 2.29. The first-order valence-electron chi connectivity index (χ1n) is 4.60. The minimum absolute atomic E-state index is 0.151. The van der Waals surface area contributed by atoms with Gasteiger partial charge >= 0.3 is 6.09 Å². The summed E-state index contributed by atoms with van der Waals surface area (Å²) in [7, 11) is 0. The van der Waals surface area contributed by atoms with Crippen LogP contribution in [0.25, 0.3) is 0 Å². The van der Waals surface area contributed by atoms with Crippen molar-refractivity contribution in [2.24, 2.45) is 5.92 Å². The molecule has 1 atom stereocenters. The van der Waals surface area contributed by atoms with Gasteiger partial charge < -0.3 is 5.11 Å². The summed E-state index contributed by atoms with van der Waals surface area (Å²) < 4.78 is 0. The number of hydrogen-bond acceptors (Lipinski definition) is 2. The van der Waals surface area contributed by atoms with Crippen LogP contribution in [0.1, 0.15) is 12.8 Å². The van der Waals surface area contributed by atoms with Gasteiger partial charge in [-0.3, -0.25) is 9.69 Å². The van der Waals surface area contributed by atoms with Crippen molar-refractivity contribution in [3.8, 4) is 0 Å². The highest BCUT2D eigenvalue weighted by molar-refractivity contribution is 5.87. The Morgan fingerprint density at radius 1 is 1.57 bits per heavy atom. The zero-order valence-electron chi connectivity index (χ0n) is 7.64. The third kappa shape index (κ3) is 1.32. The molecule has 1 unspecified atom stereocenters. The van der Waals surface area contributed by atoms with E-state index in [0.29, 0.717) is 25.1 Å². The monoisotopic (exact) mass is 193 g/mol. The van der Waals surface area contributed by atoms with Crippen LogP contribution in [0, 0.1) is 5.92 Å². The lowest BCUT2D eigenvalue weighted by Gasteiger charge is -2.33. The Morgan fingerprint density at radius 2 is 2.36 bits per heavy atom. The fraction of sp³-hybridized carbons (Fsp3) is 0.400. The van der Waals surface area contributed by atoms with E-state index in [4.69, 9.17) is 5.11 Å². The standard InChI is InChI=1S/C10H11NO3/c12-9-5-6-11(10(13)14)8-4-2-1-3-7(8)9/h1-2,4,7H,3,5-6H2,(H,13,14). The van der Waals surface area contributed by atoms with Gasteiger partial charge in [0, 0.05) is 18.7 Å². The summed E-state index contributed by atoms with van der Waals surface area (Å²) in [5.41, 5.74) is 0.635. The normalized spacial score (nSPS) is 25.7. The molecule has 0 aromatic heterocycles. The fourth-order valence-electron chi connectivity index (χ4n) is 1.92. The van der Waals surface area contributed by atoms with Crippen LogP contribution in [0.15, 0.2) is 23.9 Å². The predicted octanol–water partition coefficient (Wildman–Crippen LogP) is 1.40. The van der Waals surface area contributed by atoms with Crippen molar-refractivity contribution in [3.05, 3.63) is 23.9 Å². The van der Waals surface area contributed by atoms with E-state index in [2.05, 4.69) is 0 Å². The molecule has 0 radical (unpaired) electrons. The summed E-state index contributed by atoms with van der Waals surface area (Å²) in [5.74, 6) is -0.0806. The van der Waals surface area contributed by atoms with E-state index < -0.39 is 6.09 Å². The number of fused-ring (bicyclic) bond motifs is 1. The smallest absolute Gasteiger partial charge is 0.411 e. The maximum atomic E-state index is 11.5. The molecule has 1 amide bonds. The molecule has 14 heavy (non-hydrogen) atoms. The number of allylic oxidation sites excluding steroid dienone is 4. The van der Waals surface area contributed by atoms with Crippen LogP contribution < -0.4 is 0 Å². The van der Waals surface area contributed by atoms with Crippen LogP contribution in [-0.2, 0) is 4.79 Å². The average molecular weight is 193 g/mol. The van der Waals surface area contributed by atoms with Gasteiger partial charge in [-0.2, -0.15) is 0 Å². The molecule has 0 saturated carbocycles. The molecule has 1 N–H and O–H groups in total. The van der Waals surface area contributed by atoms with Crippen molar-refractivity contribution >= 4 is 11.9 Å². The fourth-order valence-corrected chi connectivity index (χ4v) is 1.92. The Morgan fingerprint density at radius 3 is 3.07 bits per heavy atom. The Hall–Kier alpha value is -1.58. The van der Waals surface area contributed by atoms with Gasteiger partial charge in [0.25, 0.3) is 0 Å². The first-order valence-corrected chi connectivity index (χ1v) is 4.60. The first-order chi connectivity index (χ1) is 6.70. The molecular formula is C10H11NO3. The van der Waals surface area contributed by atoms with Crippen molar-refractivity contribution in [1.29, 1.82) is 0 Å². The van der Waals surface area contributed by atoms with E-state index in [-0.39, 0.29) is 11.7 Å². The molecule has 1 fully saturated rings. The number of nitrogens with zero attached hydrogens (tertiary/aromatic N) is 1. The van der Waals surface area contributed by atoms with E-state index >= 15 is 0 Å². The summed E-state index contributed by atoms with van der Waals surface area (Å²) in [5, 5.41) is 8.91. The molecule has 1 heterocycles. The number of Topliss-reactive ketones (excluding diaryl/α,β-unsaturated/α-hetero) is 1. The summed E-state index contributed by atoms with van der Waals surface area (Å²) >= 11 is 0. The summed E-state index contributed by atoms with van der Waals surface area (Å²) in [4.78, 5) is 23.6. The molecule has 1 saturated heterocycles. The minimum Gasteiger partial charge on any atom is -0.465 e. The Bertz CT molecular complexity index is 343. The second-order valence-electron chi connectivity index (χ2n) is 3.46. The number of amides is 1. The van der Waals surface area contributed by atoms with E-state index in [1.165, 1.54) is 4.90 Å². The van der Waals surface area contributed by atoms with Crippen LogP contribution in [0.2, 0.25) is 0 Å². The average Bonchev–Trinajstić information content (AvgIpc) is 2.18. The van der Waals surface area contributed by atoms with E-state index in [0.717, 1.165) is 0 Å². The molecule has 74 valence electrons. The third-order valence-corrected chi connectivity index (χ3v) is 2.64. The highest BCUT2D eigenvalue weighted by Gasteiger charge is 2.34. The van der Waals surface area contributed by atoms with Gasteiger partial charge in [0.15, 0.2) is 0 Å². The second-order valence-corrected chi connectivity index (χ2v) is 3.46. The van der Waals surface area contributed by atoms with Crippen molar-refractivity contribution in [3.63, 3.8) is 0 Å². The van der Waals surface area contributed by atoms with Crippen molar-refractivity contribution in [1.82, 2.24) is 4.90 Å². The van der Waals surface area contributed by atoms with Gasteiger partial charge in [-0.05, 0) is 12.5 Å². The number of carbonyl (C=O) groups is 2. The zero-order chi connectivity index (χ0) is 10.1. The summed E-state index contributed by atoms with van der Waals surface area (Å²) in [6, 6.07) is 0. The lowest BCUT2D eigenvalue weighted by atomic mass is 9.87. The number of carbonyl (C=O) groups excluding carboxylic acids is 1. The van der Waals surface area contributed by atoms with Crippen LogP contribution in [0.5, 0.6) is 0 Å². The van der Waals surface area contributed by atoms with Gasteiger partial charge in [0.2, 0.25) is 0 Å². The largest absolute Gasteiger partial charge is 0.465 e. The lowest BCUT2D eigenvalue weighted by Crippen LogP contribution is -2.41. The van der Waals surface area contributed by atoms with E-state index in [1.54, 1.807) is 12.2 Å². The quantitative estimate of drug-likeness (QED) is 0.632. The zero-order valence-corrected chi connectivity index (χ0v) is 7.64. The Labute approximate surface area is 81.5 Å². The predicted molar refractivity (Wildman–Crippen MR) is 49.7 cm³/mol. The van der Waals surface area contributed by atoms with Crippen molar-refractivity contribution in [2.45, 2.75) is 12.8 Å². The molecule has 1 aliphatic heterocycles. The molecule has 1 aliphatic carbocycles. The van der Waals surface area contributed by atoms with Gasteiger partial charge in [-0.1, -0.05) is 12.2 Å². The number of hydrogen-bond donors (Lipinski definition) is 1. The summed E-state index contributed by atoms with van der Waals surface area (Å²) in [6.07, 6.45) is 5.43. The molecule has 4 nitrogen and oxygen atoms in total. The van der Waals surface area contributed by atoms with Crippen molar-refractivity contribution in [2.75, 3.05) is 6.54 Å². The Kier molecular flexibility index (Phi) is 2.11. The molecule has 2 rings (SSSR count). The summed E-state index contributed by atoms with van der Waals surface area (Å²) in [6.45, 7) is 0.296. The lowest BCUT2D eigenvalue weighted by molar-refractivity contribution is -0.123. The van der Waals surface area contributed by atoms with Gasteiger partial charge in [-0.25, -0.2) is 4.79 Å². The number of likely N-dealkylation sites (tertiary alicyclic amines) is 1.